The van der Waals surface area contributed by atoms with E-state index in [1.807, 2.05) is 45.0 Å². The number of aryl methyl sites for hydroxylation is 1. The van der Waals surface area contributed by atoms with Crippen LogP contribution in [-0.4, -0.2) is 32.3 Å². The number of hydrogen-bond acceptors (Lipinski definition) is 4. The quantitative estimate of drug-likeness (QED) is 0.561. The lowest BCUT2D eigenvalue weighted by molar-refractivity contribution is -0.150. The Kier molecular flexibility index (Phi) is 7.40. The van der Waals surface area contributed by atoms with Crippen LogP contribution in [0.15, 0.2) is 24.3 Å². The number of benzene rings is 1. The molecule has 0 aromatic heterocycles. The molecule has 0 heterocycles. The van der Waals surface area contributed by atoms with Crippen LogP contribution in [0, 0.1) is 6.92 Å². The van der Waals surface area contributed by atoms with Gasteiger partial charge in [0.25, 0.3) is 0 Å². The predicted octanol–water partition coefficient (Wildman–Crippen LogP) is 2.57. The van der Waals surface area contributed by atoms with E-state index in [0.29, 0.717) is 26.2 Å². The number of esters is 1. The van der Waals surface area contributed by atoms with E-state index in [1.165, 1.54) is 0 Å². The molecular formula is C17H27NO3. The van der Waals surface area contributed by atoms with Crippen LogP contribution in [0.1, 0.15) is 37.8 Å². The summed E-state index contributed by atoms with van der Waals surface area (Å²) in [5, 5.41) is 0. The Morgan fingerprint density at radius 1 is 1.29 bits per heavy atom. The first-order valence-electron chi connectivity index (χ1n) is 7.63. The fourth-order valence-corrected chi connectivity index (χ4v) is 2.50. The zero-order chi connectivity index (χ0) is 15.7. The second kappa shape index (κ2) is 8.80. The van der Waals surface area contributed by atoms with Gasteiger partial charge in [-0.1, -0.05) is 29.8 Å². The Balaban J connectivity index is 3.04. The molecule has 1 rings (SSSR count). The molecule has 4 nitrogen and oxygen atoms in total. The zero-order valence-electron chi connectivity index (χ0n) is 13.4. The van der Waals surface area contributed by atoms with Crippen LogP contribution in [-0.2, 0) is 19.7 Å². The monoisotopic (exact) mass is 293 g/mol. The minimum Gasteiger partial charge on any atom is -0.465 e. The van der Waals surface area contributed by atoms with E-state index in [2.05, 4.69) is 0 Å². The maximum atomic E-state index is 12.5. The predicted molar refractivity (Wildman–Crippen MR) is 84.3 cm³/mol. The molecule has 2 N–H and O–H groups in total. The molecule has 0 fully saturated rings. The smallest absolute Gasteiger partial charge is 0.317 e. The summed E-state index contributed by atoms with van der Waals surface area (Å²) < 4.78 is 10.7. The van der Waals surface area contributed by atoms with E-state index >= 15 is 0 Å². The van der Waals surface area contributed by atoms with Crippen LogP contribution < -0.4 is 5.73 Å². The van der Waals surface area contributed by atoms with Crippen molar-refractivity contribution in [3.8, 4) is 0 Å². The van der Waals surface area contributed by atoms with Gasteiger partial charge in [-0.25, -0.2) is 0 Å². The van der Waals surface area contributed by atoms with E-state index in [0.717, 1.165) is 17.5 Å². The Bertz CT molecular complexity index is 447. The van der Waals surface area contributed by atoms with Crippen molar-refractivity contribution in [1.82, 2.24) is 0 Å². The molecule has 118 valence electrons. The average molecular weight is 293 g/mol. The first-order chi connectivity index (χ1) is 10.1. The second-order valence-electron chi connectivity index (χ2n) is 5.18. The Morgan fingerprint density at radius 2 is 2.05 bits per heavy atom. The third kappa shape index (κ3) is 4.55. The van der Waals surface area contributed by atoms with E-state index in [-0.39, 0.29) is 12.5 Å². The standard InChI is InChI=1S/C17H27NO3/c1-4-20-11-7-10-17(13-18,16(19)21-5-2)15-9-6-8-14(3)12-15/h6,8-9,12H,4-5,7,10-11,13,18H2,1-3H3. The molecule has 0 aliphatic heterocycles. The number of ether oxygens (including phenoxy) is 2. The molecule has 0 aliphatic carbocycles. The van der Waals surface area contributed by atoms with Gasteiger partial charge in [0, 0.05) is 19.8 Å². The number of carbonyl (C=O) groups excluding carboxylic acids is 1. The van der Waals surface area contributed by atoms with E-state index in [1.54, 1.807) is 0 Å². The van der Waals surface area contributed by atoms with Gasteiger partial charge in [0.05, 0.1) is 6.61 Å². The summed E-state index contributed by atoms with van der Waals surface area (Å²) in [6.45, 7) is 7.69. The van der Waals surface area contributed by atoms with Gasteiger partial charge in [0.2, 0.25) is 0 Å². The van der Waals surface area contributed by atoms with Crippen LogP contribution >= 0.6 is 0 Å². The molecule has 0 saturated carbocycles. The van der Waals surface area contributed by atoms with Gasteiger partial charge in [-0.05, 0) is 39.2 Å². The molecule has 21 heavy (non-hydrogen) atoms. The summed E-state index contributed by atoms with van der Waals surface area (Å²) in [7, 11) is 0. The molecule has 0 saturated heterocycles. The summed E-state index contributed by atoms with van der Waals surface area (Å²) >= 11 is 0. The van der Waals surface area contributed by atoms with Crippen LogP contribution in [0.5, 0.6) is 0 Å². The van der Waals surface area contributed by atoms with Crippen LogP contribution in [0.25, 0.3) is 0 Å². The largest absolute Gasteiger partial charge is 0.465 e. The first-order valence-corrected chi connectivity index (χ1v) is 7.63. The molecule has 1 unspecified atom stereocenters. The van der Waals surface area contributed by atoms with Crippen molar-refractivity contribution in [2.24, 2.45) is 5.73 Å². The van der Waals surface area contributed by atoms with Crippen molar-refractivity contribution in [1.29, 1.82) is 0 Å². The zero-order valence-corrected chi connectivity index (χ0v) is 13.4. The van der Waals surface area contributed by atoms with Gasteiger partial charge in [-0.2, -0.15) is 0 Å². The summed E-state index contributed by atoms with van der Waals surface area (Å²) in [4.78, 5) is 12.5. The highest BCUT2D eigenvalue weighted by Crippen LogP contribution is 2.31. The summed E-state index contributed by atoms with van der Waals surface area (Å²) in [6.07, 6.45) is 1.41. The number of hydrogen-bond donors (Lipinski definition) is 1. The lowest BCUT2D eigenvalue weighted by atomic mass is 9.76. The van der Waals surface area contributed by atoms with Crippen molar-refractivity contribution < 1.29 is 14.3 Å². The highest BCUT2D eigenvalue weighted by atomic mass is 16.5. The number of carbonyl (C=O) groups is 1. The van der Waals surface area contributed by atoms with E-state index in [4.69, 9.17) is 15.2 Å². The van der Waals surface area contributed by atoms with Gasteiger partial charge in [0.15, 0.2) is 0 Å². The molecule has 4 heteroatoms. The Labute approximate surface area is 127 Å². The summed E-state index contributed by atoms with van der Waals surface area (Å²) in [5.41, 5.74) is 7.26. The van der Waals surface area contributed by atoms with Crippen molar-refractivity contribution in [2.45, 2.75) is 39.0 Å². The molecule has 1 aromatic carbocycles. The van der Waals surface area contributed by atoms with Gasteiger partial charge < -0.3 is 15.2 Å². The fourth-order valence-electron chi connectivity index (χ4n) is 2.50. The molecular weight excluding hydrogens is 266 g/mol. The molecule has 0 radical (unpaired) electrons. The van der Waals surface area contributed by atoms with Gasteiger partial charge in [-0.15, -0.1) is 0 Å². The highest BCUT2D eigenvalue weighted by Gasteiger charge is 2.40. The first kappa shape index (κ1) is 17.7. The highest BCUT2D eigenvalue weighted by molar-refractivity contribution is 5.83. The third-order valence-electron chi connectivity index (χ3n) is 3.68. The molecule has 0 bridgehead atoms. The minimum atomic E-state index is -0.779. The number of rotatable bonds is 9. The van der Waals surface area contributed by atoms with Crippen molar-refractivity contribution in [3.05, 3.63) is 35.4 Å². The normalized spacial score (nSPS) is 13.7. The molecule has 0 spiro atoms. The van der Waals surface area contributed by atoms with Crippen molar-refractivity contribution in [3.63, 3.8) is 0 Å². The Hall–Kier alpha value is -1.39. The van der Waals surface area contributed by atoms with Crippen molar-refractivity contribution >= 4 is 5.97 Å². The fraction of sp³-hybridized carbons (Fsp3) is 0.588. The minimum absolute atomic E-state index is 0.238. The van der Waals surface area contributed by atoms with Crippen LogP contribution in [0.3, 0.4) is 0 Å². The van der Waals surface area contributed by atoms with Crippen LogP contribution in [0.2, 0.25) is 0 Å². The topological polar surface area (TPSA) is 61.5 Å². The lowest BCUT2D eigenvalue weighted by Gasteiger charge is -2.31. The maximum absolute atomic E-state index is 12.5. The summed E-state index contributed by atoms with van der Waals surface area (Å²) in [5.74, 6) is -0.241. The van der Waals surface area contributed by atoms with Crippen molar-refractivity contribution in [2.75, 3.05) is 26.4 Å². The molecule has 0 amide bonds. The summed E-state index contributed by atoms with van der Waals surface area (Å²) in [6, 6.07) is 7.94. The molecule has 0 aliphatic rings. The molecule has 1 atom stereocenters. The average Bonchev–Trinajstić information content (AvgIpc) is 2.48. The number of nitrogens with two attached hydrogens (primary N) is 1. The van der Waals surface area contributed by atoms with E-state index < -0.39 is 5.41 Å². The Morgan fingerprint density at radius 3 is 2.62 bits per heavy atom. The molecule has 1 aromatic rings. The maximum Gasteiger partial charge on any atom is 0.317 e. The second-order valence-corrected chi connectivity index (χ2v) is 5.18. The van der Waals surface area contributed by atoms with Gasteiger partial charge >= 0.3 is 5.97 Å². The van der Waals surface area contributed by atoms with Gasteiger partial charge in [-0.3, -0.25) is 4.79 Å². The van der Waals surface area contributed by atoms with Crippen LogP contribution in [0.4, 0.5) is 0 Å². The lowest BCUT2D eigenvalue weighted by Crippen LogP contribution is -2.44. The SMILES string of the molecule is CCOCCCC(CN)(C(=O)OCC)c1cccc(C)c1. The third-order valence-corrected chi connectivity index (χ3v) is 3.68. The van der Waals surface area contributed by atoms with Gasteiger partial charge in [0.1, 0.15) is 5.41 Å². The van der Waals surface area contributed by atoms with E-state index in [9.17, 15) is 4.79 Å².